The van der Waals surface area contributed by atoms with Crippen molar-refractivity contribution in [2.75, 3.05) is 25.5 Å². The molecule has 2 amide bonds. The third kappa shape index (κ3) is 3.00. The lowest BCUT2D eigenvalue weighted by Gasteiger charge is -2.35. The van der Waals surface area contributed by atoms with Crippen LogP contribution in [0.4, 0.5) is 5.69 Å². The summed E-state index contributed by atoms with van der Waals surface area (Å²) in [7, 11) is 3.28. The normalized spacial score (nSPS) is 15.6. The predicted molar refractivity (Wildman–Crippen MR) is 106 cm³/mol. The molecule has 0 fully saturated rings. The van der Waals surface area contributed by atoms with Gasteiger partial charge in [-0.1, -0.05) is 30.3 Å². The number of anilines is 1. The topological polar surface area (TPSA) is 82.7 Å². The van der Waals surface area contributed by atoms with Crippen LogP contribution in [0.25, 0.3) is 10.9 Å². The van der Waals surface area contributed by atoms with Crippen LogP contribution in [0.2, 0.25) is 0 Å². The third-order valence-corrected chi connectivity index (χ3v) is 4.72. The van der Waals surface area contributed by atoms with Crippen molar-refractivity contribution in [2.24, 2.45) is 0 Å². The van der Waals surface area contributed by atoms with Crippen molar-refractivity contribution in [3.05, 3.63) is 70.5 Å². The Morgan fingerprint density at radius 2 is 1.82 bits per heavy atom. The van der Waals surface area contributed by atoms with Gasteiger partial charge in [0.25, 0.3) is 11.8 Å². The maximum atomic E-state index is 13.5. The number of amides is 2. The maximum absolute atomic E-state index is 13.5. The summed E-state index contributed by atoms with van der Waals surface area (Å²) < 4.78 is 5.83. The number of carbonyl (C=O) groups is 2. The number of rotatable bonds is 2. The number of H-pyrrole nitrogens is 1. The van der Waals surface area contributed by atoms with Crippen molar-refractivity contribution < 1.29 is 14.3 Å². The van der Waals surface area contributed by atoms with Crippen molar-refractivity contribution >= 4 is 28.4 Å². The van der Waals surface area contributed by atoms with E-state index < -0.39 is 6.10 Å². The van der Waals surface area contributed by atoms with E-state index >= 15 is 0 Å². The summed E-state index contributed by atoms with van der Waals surface area (Å²) in [5, 5.41) is 0.645. The van der Waals surface area contributed by atoms with Gasteiger partial charge in [0.15, 0.2) is 6.10 Å². The first kappa shape index (κ1) is 17.8. The average Bonchev–Trinajstić information content (AvgIpc) is 2.71. The minimum Gasteiger partial charge on any atom is -0.476 e. The summed E-state index contributed by atoms with van der Waals surface area (Å²) in [5.74, 6) is -0.130. The largest absolute Gasteiger partial charge is 0.476 e. The summed E-state index contributed by atoms with van der Waals surface area (Å²) >= 11 is 0. The van der Waals surface area contributed by atoms with Gasteiger partial charge in [-0.25, -0.2) is 0 Å². The second-order valence-corrected chi connectivity index (χ2v) is 6.82. The standard InChI is InChI=1S/C21H19N3O4/c1-23(2)21(27)18-12-24(16-9-5-6-10-17(16)28-18)20(26)14-11-19(25)22-15-8-4-3-7-13(14)15/h3-11,18H,12H2,1-2H3,(H,22,25)/t18-/m1/s1. The highest BCUT2D eigenvalue weighted by Gasteiger charge is 2.35. The SMILES string of the molecule is CN(C)C(=O)[C@H]1CN(C(=O)c2cc(=O)[nH]c3ccccc23)c2ccccc2O1. The first-order chi connectivity index (χ1) is 13.5. The molecule has 0 spiro atoms. The van der Waals surface area contributed by atoms with Crippen LogP contribution in [-0.4, -0.2) is 48.4 Å². The van der Waals surface area contributed by atoms with E-state index in [0.717, 1.165) is 0 Å². The van der Waals surface area contributed by atoms with E-state index in [4.69, 9.17) is 4.74 Å². The molecular formula is C21H19N3O4. The van der Waals surface area contributed by atoms with Gasteiger partial charge in [-0.2, -0.15) is 0 Å². The molecule has 0 saturated carbocycles. The molecule has 28 heavy (non-hydrogen) atoms. The lowest BCUT2D eigenvalue weighted by atomic mass is 10.1. The van der Waals surface area contributed by atoms with Crippen LogP contribution < -0.4 is 15.2 Å². The number of hydrogen-bond acceptors (Lipinski definition) is 4. The Hall–Kier alpha value is -3.61. The van der Waals surface area contributed by atoms with E-state index in [2.05, 4.69) is 4.98 Å². The zero-order valence-corrected chi connectivity index (χ0v) is 15.5. The van der Waals surface area contributed by atoms with E-state index in [0.29, 0.717) is 22.3 Å². The second kappa shape index (κ2) is 6.84. The van der Waals surface area contributed by atoms with E-state index in [9.17, 15) is 14.4 Å². The summed E-state index contributed by atoms with van der Waals surface area (Å²) in [5.41, 5.74) is 1.08. The smallest absolute Gasteiger partial charge is 0.265 e. The molecule has 1 N–H and O–H groups in total. The number of para-hydroxylation sites is 3. The van der Waals surface area contributed by atoms with Gasteiger partial charge in [-0.05, 0) is 18.2 Å². The van der Waals surface area contributed by atoms with Crippen LogP contribution in [0.15, 0.2) is 59.4 Å². The molecule has 2 aromatic carbocycles. The molecule has 0 saturated heterocycles. The van der Waals surface area contributed by atoms with E-state index in [-0.39, 0.29) is 29.5 Å². The van der Waals surface area contributed by atoms with Gasteiger partial charge in [-0.3, -0.25) is 14.4 Å². The van der Waals surface area contributed by atoms with Gasteiger partial charge >= 0.3 is 0 Å². The molecule has 1 aliphatic rings. The van der Waals surface area contributed by atoms with Crippen LogP contribution in [0.3, 0.4) is 0 Å². The Morgan fingerprint density at radius 3 is 2.61 bits per heavy atom. The predicted octanol–water partition coefficient (Wildman–Crippen LogP) is 2.02. The van der Waals surface area contributed by atoms with Crippen molar-refractivity contribution in [1.82, 2.24) is 9.88 Å². The zero-order valence-electron chi connectivity index (χ0n) is 15.5. The number of fused-ring (bicyclic) bond motifs is 2. The summed E-state index contributed by atoms with van der Waals surface area (Å²) in [6.45, 7) is 0.0635. The third-order valence-electron chi connectivity index (χ3n) is 4.72. The summed E-state index contributed by atoms with van der Waals surface area (Å²) in [4.78, 5) is 43.7. The number of aromatic nitrogens is 1. The Morgan fingerprint density at radius 1 is 1.11 bits per heavy atom. The maximum Gasteiger partial charge on any atom is 0.265 e. The highest BCUT2D eigenvalue weighted by atomic mass is 16.5. The number of aromatic amines is 1. The molecule has 0 aliphatic carbocycles. The summed E-state index contributed by atoms with van der Waals surface area (Å²) in [6.07, 6.45) is -0.817. The lowest BCUT2D eigenvalue weighted by Crippen LogP contribution is -2.50. The number of ether oxygens (including phenoxy) is 1. The molecule has 1 aliphatic heterocycles. The Balaban J connectivity index is 1.83. The highest BCUT2D eigenvalue weighted by molar-refractivity contribution is 6.14. The van der Waals surface area contributed by atoms with Crippen molar-refractivity contribution in [3.63, 3.8) is 0 Å². The quantitative estimate of drug-likeness (QED) is 0.741. The first-order valence-corrected chi connectivity index (χ1v) is 8.86. The number of nitrogens with one attached hydrogen (secondary N) is 1. The highest BCUT2D eigenvalue weighted by Crippen LogP contribution is 2.35. The van der Waals surface area contributed by atoms with Crippen molar-refractivity contribution in [2.45, 2.75) is 6.10 Å². The molecule has 7 heteroatoms. The number of likely N-dealkylation sites (N-methyl/N-ethyl adjacent to an activating group) is 1. The molecule has 1 aromatic heterocycles. The number of carbonyl (C=O) groups excluding carboxylic acids is 2. The monoisotopic (exact) mass is 377 g/mol. The number of benzene rings is 2. The molecule has 4 rings (SSSR count). The molecule has 1 atom stereocenters. The molecule has 0 bridgehead atoms. The van der Waals surface area contributed by atoms with E-state index in [1.165, 1.54) is 15.9 Å². The molecule has 2 heterocycles. The Kier molecular flexibility index (Phi) is 4.35. The zero-order chi connectivity index (χ0) is 19.8. The minimum absolute atomic E-state index is 0.0635. The van der Waals surface area contributed by atoms with Gasteiger partial charge in [0, 0.05) is 31.1 Å². The fraction of sp³-hybridized carbons (Fsp3) is 0.190. The van der Waals surface area contributed by atoms with Gasteiger partial charge < -0.3 is 19.5 Å². The minimum atomic E-state index is -0.817. The molecular weight excluding hydrogens is 358 g/mol. The number of nitrogens with zero attached hydrogens (tertiary/aromatic N) is 2. The van der Waals surface area contributed by atoms with Crippen LogP contribution in [0, 0.1) is 0 Å². The molecule has 3 aromatic rings. The van der Waals surface area contributed by atoms with E-state index in [1.807, 2.05) is 6.07 Å². The average molecular weight is 377 g/mol. The lowest BCUT2D eigenvalue weighted by molar-refractivity contribution is -0.135. The van der Waals surface area contributed by atoms with Gasteiger partial charge in [0.1, 0.15) is 5.75 Å². The number of hydrogen-bond donors (Lipinski definition) is 1. The van der Waals surface area contributed by atoms with Crippen LogP contribution in [-0.2, 0) is 4.79 Å². The fourth-order valence-electron chi connectivity index (χ4n) is 3.37. The number of pyridine rings is 1. The molecule has 142 valence electrons. The van der Waals surface area contributed by atoms with E-state index in [1.54, 1.807) is 56.6 Å². The fourth-order valence-corrected chi connectivity index (χ4v) is 3.37. The Labute approximate surface area is 161 Å². The van der Waals surface area contributed by atoms with Crippen LogP contribution in [0.5, 0.6) is 5.75 Å². The van der Waals surface area contributed by atoms with Gasteiger partial charge in [0.05, 0.1) is 17.8 Å². The Bertz CT molecular complexity index is 1140. The second-order valence-electron chi connectivity index (χ2n) is 6.82. The van der Waals surface area contributed by atoms with Crippen LogP contribution >= 0.6 is 0 Å². The van der Waals surface area contributed by atoms with Crippen molar-refractivity contribution in [3.8, 4) is 5.75 Å². The van der Waals surface area contributed by atoms with Gasteiger partial charge in [0.2, 0.25) is 5.56 Å². The van der Waals surface area contributed by atoms with Crippen LogP contribution in [0.1, 0.15) is 10.4 Å². The first-order valence-electron chi connectivity index (χ1n) is 8.86. The molecule has 0 radical (unpaired) electrons. The summed E-state index contributed by atoms with van der Waals surface area (Å²) in [6, 6.07) is 15.5. The van der Waals surface area contributed by atoms with Gasteiger partial charge in [-0.15, -0.1) is 0 Å². The molecule has 7 nitrogen and oxygen atoms in total. The van der Waals surface area contributed by atoms with Crippen molar-refractivity contribution in [1.29, 1.82) is 0 Å². The molecule has 0 unspecified atom stereocenters.